The Balaban J connectivity index is 3.78. The van der Waals surface area contributed by atoms with E-state index in [1.165, 1.54) is 0 Å². The van der Waals surface area contributed by atoms with Crippen LogP contribution in [0.5, 0.6) is 0 Å². The Hall–Kier alpha value is -0.610. The first-order valence-electron chi connectivity index (χ1n) is 4.30. The second kappa shape index (κ2) is 5.97. The van der Waals surface area contributed by atoms with Gasteiger partial charge in [-0.3, -0.25) is 9.69 Å². The molecule has 0 aliphatic heterocycles. The van der Waals surface area contributed by atoms with Gasteiger partial charge in [0.1, 0.15) is 0 Å². The topological polar surface area (TPSA) is 72.3 Å². The molecule has 12 heavy (non-hydrogen) atoms. The summed E-state index contributed by atoms with van der Waals surface area (Å²) < 4.78 is 0. The van der Waals surface area contributed by atoms with E-state index in [1.54, 1.807) is 0 Å². The lowest BCUT2D eigenvalue weighted by atomic mass is 10.3. The van der Waals surface area contributed by atoms with Crippen molar-refractivity contribution in [3.63, 3.8) is 0 Å². The van der Waals surface area contributed by atoms with Crippen LogP contribution in [0.4, 0.5) is 0 Å². The van der Waals surface area contributed by atoms with E-state index >= 15 is 0 Å². The van der Waals surface area contributed by atoms with Crippen molar-refractivity contribution in [1.82, 2.24) is 4.90 Å². The number of carbonyl (C=O) groups excluding carboxylic acids is 1. The normalized spacial score (nSPS) is 11.1. The van der Waals surface area contributed by atoms with Gasteiger partial charge in [0.05, 0.1) is 6.54 Å². The first-order chi connectivity index (χ1) is 5.57. The predicted molar refractivity (Wildman–Crippen MR) is 49.6 cm³/mol. The van der Waals surface area contributed by atoms with Crippen LogP contribution in [0.1, 0.15) is 20.3 Å². The third kappa shape index (κ3) is 5.09. The number of amides is 1. The van der Waals surface area contributed by atoms with Crippen molar-refractivity contribution in [2.75, 3.05) is 19.6 Å². The molecular formula is C8H19N3O. The molecule has 72 valence electrons. The van der Waals surface area contributed by atoms with Gasteiger partial charge in [-0.15, -0.1) is 0 Å². The van der Waals surface area contributed by atoms with Crippen molar-refractivity contribution < 1.29 is 4.79 Å². The van der Waals surface area contributed by atoms with E-state index in [0.29, 0.717) is 19.1 Å². The zero-order chi connectivity index (χ0) is 9.56. The molecule has 0 unspecified atom stereocenters. The highest BCUT2D eigenvalue weighted by Crippen LogP contribution is 1.97. The van der Waals surface area contributed by atoms with Crippen LogP contribution in [0.15, 0.2) is 0 Å². The quantitative estimate of drug-likeness (QED) is 0.570. The maximum absolute atomic E-state index is 10.6. The minimum Gasteiger partial charge on any atom is -0.369 e. The van der Waals surface area contributed by atoms with E-state index in [1.807, 2.05) is 18.7 Å². The van der Waals surface area contributed by atoms with Crippen LogP contribution < -0.4 is 11.5 Å². The summed E-state index contributed by atoms with van der Waals surface area (Å²) in [6, 6.07) is 0.351. The first-order valence-corrected chi connectivity index (χ1v) is 4.30. The maximum atomic E-state index is 10.6. The van der Waals surface area contributed by atoms with E-state index in [9.17, 15) is 4.79 Å². The zero-order valence-electron chi connectivity index (χ0n) is 7.92. The lowest BCUT2D eigenvalue weighted by molar-refractivity contribution is -0.119. The molecule has 0 aromatic carbocycles. The number of nitrogens with zero attached hydrogens (tertiary/aromatic N) is 1. The summed E-state index contributed by atoms with van der Waals surface area (Å²) >= 11 is 0. The smallest absolute Gasteiger partial charge is 0.231 e. The summed E-state index contributed by atoms with van der Waals surface area (Å²) in [6.45, 7) is 5.91. The average molecular weight is 173 g/mol. The Kier molecular flexibility index (Phi) is 5.66. The lowest BCUT2D eigenvalue weighted by Gasteiger charge is -2.24. The fourth-order valence-corrected chi connectivity index (χ4v) is 1.01. The molecule has 0 bridgehead atoms. The second-order valence-electron chi connectivity index (χ2n) is 3.17. The third-order valence-corrected chi connectivity index (χ3v) is 1.74. The van der Waals surface area contributed by atoms with E-state index in [2.05, 4.69) is 0 Å². The fourth-order valence-electron chi connectivity index (χ4n) is 1.01. The average Bonchev–Trinajstić information content (AvgIpc) is 1.96. The molecule has 4 N–H and O–H groups in total. The van der Waals surface area contributed by atoms with Crippen LogP contribution in [0.3, 0.4) is 0 Å². The Morgan fingerprint density at radius 1 is 1.50 bits per heavy atom. The highest BCUT2D eigenvalue weighted by molar-refractivity contribution is 5.75. The molecule has 0 saturated heterocycles. The van der Waals surface area contributed by atoms with Gasteiger partial charge in [0.15, 0.2) is 0 Å². The molecule has 4 nitrogen and oxygen atoms in total. The summed E-state index contributed by atoms with van der Waals surface area (Å²) in [4.78, 5) is 12.6. The van der Waals surface area contributed by atoms with Crippen molar-refractivity contribution >= 4 is 5.91 Å². The van der Waals surface area contributed by atoms with Crippen LogP contribution in [0, 0.1) is 0 Å². The molecule has 0 radical (unpaired) electrons. The lowest BCUT2D eigenvalue weighted by Crippen LogP contribution is -2.39. The minimum absolute atomic E-state index is 0.277. The molecule has 0 atom stereocenters. The fraction of sp³-hybridized carbons (Fsp3) is 0.875. The van der Waals surface area contributed by atoms with Crippen LogP contribution >= 0.6 is 0 Å². The van der Waals surface area contributed by atoms with E-state index in [-0.39, 0.29) is 5.91 Å². The molecule has 1 amide bonds. The highest BCUT2D eigenvalue weighted by Gasteiger charge is 2.10. The van der Waals surface area contributed by atoms with Crippen molar-refractivity contribution in [2.24, 2.45) is 11.5 Å². The molecule has 0 spiro atoms. The van der Waals surface area contributed by atoms with Crippen molar-refractivity contribution in [1.29, 1.82) is 0 Å². The van der Waals surface area contributed by atoms with Gasteiger partial charge in [-0.2, -0.15) is 0 Å². The summed E-state index contributed by atoms with van der Waals surface area (Å²) in [7, 11) is 0. The summed E-state index contributed by atoms with van der Waals surface area (Å²) in [5.74, 6) is -0.277. The van der Waals surface area contributed by atoms with Gasteiger partial charge in [-0.1, -0.05) is 0 Å². The standard InChI is InChI=1S/C8H19N3O/c1-7(2)11(5-3-4-9)6-8(10)12/h7H,3-6,9H2,1-2H3,(H2,10,12). The van der Waals surface area contributed by atoms with Crippen molar-refractivity contribution in [3.8, 4) is 0 Å². The zero-order valence-corrected chi connectivity index (χ0v) is 7.92. The number of hydrogen-bond acceptors (Lipinski definition) is 3. The Morgan fingerprint density at radius 2 is 2.08 bits per heavy atom. The molecule has 0 saturated carbocycles. The van der Waals surface area contributed by atoms with Gasteiger partial charge >= 0.3 is 0 Å². The van der Waals surface area contributed by atoms with Gasteiger partial charge in [-0.05, 0) is 26.8 Å². The van der Waals surface area contributed by atoms with E-state index in [0.717, 1.165) is 13.0 Å². The third-order valence-electron chi connectivity index (χ3n) is 1.74. The Labute approximate surface area is 73.9 Å². The number of hydrogen-bond donors (Lipinski definition) is 2. The van der Waals surface area contributed by atoms with Crippen LogP contribution in [-0.2, 0) is 4.79 Å². The second-order valence-corrected chi connectivity index (χ2v) is 3.17. The van der Waals surface area contributed by atoms with Gasteiger partial charge in [0.25, 0.3) is 0 Å². The summed E-state index contributed by atoms with van der Waals surface area (Å²) in [5, 5.41) is 0. The van der Waals surface area contributed by atoms with Gasteiger partial charge in [0.2, 0.25) is 5.91 Å². The van der Waals surface area contributed by atoms with E-state index in [4.69, 9.17) is 11.5 Å². The molecule has 4 heteroatoms. The van der Waals surface area contributed by atoms with Crippen molar-refractivity contribution in [3.05, 3.63) is 0 Å². The molecule has 0 aromatic heterocycles. The highest BCUT2D eigenvalue weighted by atomic mass is 16.1. The summed E-state index contributed by atoms with van der Waals surface area (Å²) in [6.07, 6.45) is 0.908. The van der Waals surface area contributed by atoms with E-state index < -0.39 is 0 Å². The molecule has 0 rings (SSSR count). The SMILES string of the molecule is CC(C)N(CCCN)CC(N)=O. The number of primary amides is 1. The number of nitrogens with two attached hydrogens (primary N) is 2. The molecular weight excluding hydrogens is 154 g/mol. The largest absolute Gasteiger partial charge is 0.369 e. The minimum atomic E-state index is -0.277. The number of carbonyl (C=O) groups is 1. The van der Waals surface area contributed by atoms with Crippen LogP contribution in [0.2, 0.25) is 0 Å². The summed E-state index contributed by atoms with van der Waals surface area (Å²) in [5.41, 5.74) is 10.5. The molecule has 0 aromatic rings. The maximum Gasteiger partial charge on any atom is 0.231 e. The first kappa shape index (κ1) is 11.4. The molecule has 0 heterocycles. The Bertz CT molecular complexity index is 136. The Morgan fingerprint density at radius 3 is 2.42 bits per heavy atom. The number of rotatable bonds is 6. The van der Waals surface area contributed by atoms with Crippen molar-refractivity contribution in [2.45, 2.75) is 26.3 Å². The molecule has 0 aliphatic rings. The molecule has 0 aliphatic carbocycles. The molecule has 0 fully saturated rings. The van der Waals surface area contributed by atoms with Gasteiger partial charge in [-0.25, -0.2) is 0 Å². The van der Waals surface area contributed by atoms with Gasteiger partial charge < -0.3 is 11.5 Å². The van der Waals surface area contributed by atoms with Crippen LogP contribution in [-0.4, -0.2) is 36.5 Å². The van der Waals surface area contributed by atoms with Gasteiger partial charge in [0, 0.05) is 12.6 Å². The van der Waals surface area contributed by atoms with Crippen LogP contribution in [0.25, 0.3) is 0 Å². The predicted octanol–water partition coefficient (Wildman–Crippen LogP) is -0.469. The monoisotopic (exact) mass is 173 g/mol.